The Balaban J connectivity index is 1.96. The summed E-state index contributed by atoms with van der Waals surface area (Å²) in [5, 5.41) is 20.5. The van der Waals surface area contributed by atoms with E-state index >= 15 is 0 Å². The maximum atomic E-state index is 8.71. The Labute approximate surface area is 98.5 Å². The highest BCUT2D eigenvalue weighted by Crippen LogP contribution is 2.02. The first kappa shape index (κ1) is 11.7. The number of nitrogens with zero attached hydrogens (tertiary/aromatic N) is 5. The molecule has 0 spiro atoms. The van der Waals surface area contributed by atoms with Crippen LogP contribution in [-0.2, 0) is 19.4 Å². The van der Waals surface area contributed by atoms with Gasteiger partial charge in [0, 0.05) is 19.2 Å². The van der Waals surface area contributed by atoms with Crippen LogP contribution in [0.4, 0.5) is 0 Å². The zero-order chi connectivity index (χ0) is 12.1. The third-order valence-corrected chi connectivity index (χ3v) is 2.29. The van der Waals surface area contributed by atoms with E-state index in [1.807, 2.05) is 13.1 Å². The van der Waals surface area contributed by atoms with Crippen molar-refractivity contribution in [3.05, 3.63) is 23.6 Å². The highest BCUT2D eigenvalue weighted by molar-refractivity contribution is 4.94. The number of hydrogen-bond donors (Lipinski definition) is 1. The van der Waals surface area contributed by atoms with E-state index in [4.69, 9.17) is 9.63 Å². The Morgan fingerprint density at radius 3 is 3.06 bits per heavy atom. The van der Waals surface area contributed by atoms with Gasteiger partial charge in [-0.25, -0.2) is 4.68 Å². The molecule has 0 radical (unpaired) electrons. The Morgan fingerprint density at radius 2 is 2.35 bits per heavy atom. The van der Waals surface area contributed by atoms with E-state index in [1.54, 1.807) is 4.68 Å². The molecule has 0 unspecified atom stereocenters. The Morgan fingerprint density at radius 1 is 1.47 bits per heavy atom. The van der Waals surface area contributed by atoms with Crippen LogP contribution < -0.4 is 0 Å². The molecule has 0 bridgehead atoms. The predicted molar refractivity (Wildman–Crippen MR) is 58.2 cm³/mol. The summed E-state index contributed by atoms with van der Waals surface area (Å²) in [6, 6.07) is 0. The maximum Gasteiger partial charge on any atom is 0.226 e. The van der Waals surface area contributed by atoms with Gasteiger partial charge in [0.15, 0.2) is 5.82 Å². The summed E-state index contributed by atoms with van der Waals surface area (Å²) in [5.74, 6) is 1.22. The van der Waals surface area contributed by atoms with Crippen LogP contribution in [0.25, 0.3) is 0 Å². The van der Waals surface area contributed by atoms with Gasteiger partial charge in [0.1, 0.15) is 6.54 Å². The normalized spacial score (nSPS) is 10.9. The van der Waals surface area contributed by atoms with Crippen molar-refractivity contribution in [2.45, 2.75) is 32.7 Å². The SMILES string of the molecule is CCc1nc(Cn2cc(CCCO)nn2)no1. The number of aryl methyl sites for hydroxylation is 2. The molecular formula is C10H15N5O2. The van der Waals surface area contributed by atoms with Crippen LogP contribution in [0.2, 0.25) is 0 Å². The van der Waals surface area contributed by atoms with Crippen molar-refractivity contribution in [2.24, 2.45) is 0 Å². The van der Waals surface area contributed by atoms with Crippen molar-refractivity contribution >= 4 is 0 Å². The van der Waals surface area contributed by atoms with Gasteiger partial charge in [-0.3, -0.25) is 0 Å². The summed E-state index contributed by atoms with van der Waals surface area (Å²) in [4.78, 5) is 4.19. The van der Waals surface area contributed by atoms with E-state index in [9.17, 15) is 0 Å². The molecule has 0 aromatic carbocycles. The minimum atomic E-state index is 0.164. The summed E-state index contributed by atoms with van der Waals surface area (Å²) in [7, 11) is 0. The lowest BCUT2D eigenvalue weighted by atomic mass is 10.3. The molecule has 2 aromatic heterocycles. The van der Waals surface area contributed by atoms with Crippen molar-refractivity contribution in [1.82, 2.24) is 25.1 Å². The van der Waals surface area contributed by atoms with E-state index in [-0.39, 0.29) is 6.61 Å². The maximum absolute atomic E-state index is 8.71. The minimum Gasteiger partial charge on any atom is -0.396 e. The van der Waals surface area contributed by atoms with Crippen molar-refractivity contribution in [3.63, 3.8) is 0 Å². The first-order chi connectivity index (χ1) is 8.31. The van der Waals surface area contributed by atoms with E-state index < -0.39 is 0 Å². The highest BCUT2D eigenvalue weighted by atomic mass is 16.5. The molecule has 2 aromatic rings. The largest absolute Gasteiger partial charge is 0.396 e. The molecule has 7 heteroatoms. The molecule has 2 rings (SSSR count). The predicted octanol–water partition coefficient (Wildman–Crippen LogP) is 0.197. The summed E-state index contributed by atoms with van der Waals surface area (Å²) >= 11 is 0. The smallest absolute Gasteiger partial charge is 0.226 e. The van der Waals surface area contributed by atoms with E-state index in [0.29, 0.717) is 24.7 Å². The molecule has 2 heterocycles. The van der Waals surface area contributed by atoms with Gasteiger partial charge in [-0.15, -0.1) is 5.10 Å². The molecule has 0 amide bonds. The lowest BCUT2D eigenvalue weighted by Gasteiger charge is -1.92. The molecule has 0 saturated carbocycles. The van der Waals surface area contributed by atoms with Crippen LogP contribution in [0.1, 0.15) is 30.8 Å². The monoisotopic (exact) mass is 237 g/mol. The fraction of sp³-hybridized carbons (Fsp3) is 0.600. The standard InChI is InChI=1S/C10H15N5O2/c1-2-10-11-9(13-17-10)7-15-6-8(12-14-15)4-3-5-16/h6,16H,2-5,7H2,1H3. The number of hydrogen-bond acceptors (Lipinski definition) is 6. The zero-order valence-electron chi connectivity index (χ0n) is 9.70. The van der Waals surface area contributed by atoms with Crippen molar-refractivity contribution in [2.75, 3.05) is 6.61 Å². The van der Waals surface area contributed by atoms with Crippen LogP contribution in [0.15, 0.2) is 10.7 Å². The van der Waals surface area contributed by atoms with Crippen molar-refractivity contribution in [1.29, 1.82) is 0 Å². The molecule has 17 heavy (non-hydrogen) atoms. The van der Waals surface area contributed by atoms with Crippen molar-refractivity contribution < 1.29 is 9.63 Å². The summed E-state index contributed by atoms with van der Waals surface area (Å²) in [6.07, 6.45) is 3.98. The molecule has 0 saturated heterocycles. The van der Waals surface area contributed by atoms with E-state index in [0.717, 1.165) is 18.5 Å². The summed E-state index contributed by atoms with van der Waals surface area (Å²) in [6.45, 7) is 2.58. The van der Waals surface area contributed by atoms with Crippen LogP contribution in [-0.4, -0.2) is 36.8 Å². The number of aromatic nitrogens is 5. The van der Waals surface area contributed by atoms with Crippen LogP contribution >= 0.6 is 0 Å². The van der Waals surface area contributed by atoms with Gasteiger partial charge in [0.2, 0.25) is 5.89 Å². The molecule has 0 aliphatic rings. The Kier molecular flexibility index (Phi) is 3.81. The molecule has 0 atom stereocenters. The summed E-state index contributed by atoms with van der Waals surface area (Å²) in [5.41, 5.74) is 0.859. The fourth-order valence-electron chi connectivity index (χ4n) is 1.43. The van der Waals surface area contributed by atoms with E-state index in [1.165, 1.54) is 0 Å². The molecule has 0 aliphatic carbocycles. The number of aliphatic hydroxyl groups excluding tert-OH is 1. The van der Waals surface area contributed by atoms with E-state index in [2.05, 4.69) is 20.5 Å². The van der Waals surface area contributed by atoms with Gasteiger partial charge >= 0.3 is 0 Å². The third kappa shape index (κ3) is 3.10. The van der Waals surface area contributed by atoms with Gasteiger partial charge in [-0.1, -0.05) is 17.3 Å². The van der Waals surface area contributed by atoms with Crippen molar-refractivity contribution in [3.8, 4) is 0 Å². The van der Waals surface area contributed by atoms with Crippen LogP contribution in [0.5, 0.6) is 0 Å². The first-order valence-electron chi connectivity index (χ1n) is 5.63. The van der Waals surface area contributed by atoms with Crippen LogP contribution in [0.3, 0.4) is 0 Å². The second-order valence-corrected chi connectivity index (χ2v) is 3.69. The number of rotatable bonds is 6. The third-order valence-electron chi connectivity index (χ3n) is 2.29. The van der Waals surface area contributed by atoms with Gasteiger partial charge in [-0.05, 0) is 12.8 Å². The quantitative estimate of drug-likeness (QED) is 0.771. The average Bonchev–Trinajstić information content (AvgIpc) is 2.96. The van der Waals surface area contributed by atoms with Crippen LogP contribution in [0, 0.1) is 0 Å². The molecule has 92 valence electrons. The first-order valence-corrected chi connectivity index (χ1v) is 5.63. The molecular weight excluding hydrogens is 222 g/mol. The molecule has 1 N–H and O–H groups in total. The molecule has 0 aliphatic heterocycles. The Hall–Kier alpha value is -1.76. The van der Waals surface area contributed by atoms with Gasteiger partial charge in [0.25, 0.3) is 0 Å². The topological polar surface area (TPSA) is 89.9 Å². The highest BCUT2D eigenvalue weighted by Gasteiger charge is 2.07. The van der Waals surface area contributed by atoms with Gasteiger partial charge < -0.3 is 9.63 Å². The lowest BCUT2D eigenvalue weighted by molar-refractivity contribution is 0.288. The second-order valence-electron chi connectivity index (χ2n) is 3.69. The summed E-state index contributed by atoms with van der Waals surface area (Å²) < 4.78 is 6.67. The second kappa shape index (κ2) is 5.53. The van der Waals surface area contributed by atoms with Gasteiger partial charge in [0.05, 0.1) is 5.69 Å². The minimum absolute atomic E-state index is 0.164. The fourth-order valence-corrected chi connectivity index (χ4v) is 1.43. The molecule has 0 fully saturated rings. The average molecular weight is 237 g/mol. The number of aliphatic hydroxyl groups is 1. The molecule has 7 nitrogen and oxygen atoms in total. The van der Waals surface area contributed by atoms with Gasteiger partial charge in [-0.2, -0.15) is 4.98 Å². The lowest BCUT2D eigenvalue weighted by Crippen LogP contribution is -2.02. The Bertz CT molecular complexity index is 465. The zero-order valence-corrected chi connectivity index (χ0v) is 9.70.